The molecule has 0 heterocycles. The molecule has 0 fully saturated rings. The van der Waals surface area contributed by atoms with Crippen LogP contribution in [-0.2, 0) is 20.7 Å². The van der Waals surface area contributed by atoms with Crippen molar-refractivity contribution in [2.75, 3.05) is 20.3 Å². The molecule has 3 aromatic rings. The highest BCUT2D eigenvalue weighted by Gasteiger charge is 2.05. The molecule has 0 unspecified atom stereocenters. The van der Waals surface area contributed by atoms with Gasteiger partial charge in [0.1, 0.15) is 5.75 Å². The minimum absolute atomic E-state index is 0.297. The highest BCUT2D eigenvalue weighted by molar-refractivity contribution is 5.91. The molecule has 3 aromatic carbocycles. The molecule has 0 aliphatic carbocycles. The zero-order chi connectivity index (χ0) is 21.3. The number of benzene rings is 3. The molecule has 0 aliphatic heterocycles. The predicted molar refractivity (Wildman–Crippen MR) is 118 cm³/mol. The van der Waals surface area contributed by atoms with Crippen LogP contribution in [0.4, 0.5) is 0 Å². The Hall–Kier alpha value is -3.60. The van der Waals surface area contributed by atoms with Crippen molar-refractivity contribution >= 4 is 28.7 Å². The Balaban J connectivity index is 1.44. The van der Waals surface area contributed by atoms with E-state index >= 15 is 0 Å². The van der Waals surface area contributed by atoms with Crippen molar-refractivity contribution in [2.45, 2.75) is 13.3 Å². The van der Waals surface area contributed by atoms with Crippen LogP contribution in [0.2, 0.25) is 0 Å². The smallest absolute Gasteiger partial charge is 0.331 e. The minimum atomic E-state index is -0.557. The number of hydrogen-bond donors (Lipinski definition) is 1. The number of rotatable bonds is 8. The predicted octanol–water partition coefficient (Wildman–Crippen LogP) is 4.07. The van der Waals surface area contributed by atoms with Gasteiger partial charge in [0, 0.05) is 12.6 Å². The summed E-state index contributed by atoms with van der Waals surface area (Å²) in [7, 11) is 1.63. The summed E-state index contributed by atoms with van der Waals surface area (Å²) in [4.78, 5) is 23.8. The van der Waals surface area contributed by atoms with Gasteiger partial charge in [-0.25, -0.2) is 4.79 Å². The number of fused-ring (bicyclic) bond motifs is 1. The molecule has 1 N–H and O–H groups in total. The van der Waals surface area contributed by atoms with Crippen LogP contribution in [0.5, 0.6) is 5.75 Å². The lowest BCUT2D eigenvalue weighted by Gasteiger charge is -2.07. The Morgan fingerprint density at radius 1 is 1.00 bits per heavy atom. The molecule has 154 valence electrons. The average Bonchev–Trinajstić information content (AvgIpc) is 2.77. The van der Waals surface area contributed by atoms with Crippen LogP contribution in [0, 0.1) is 6.92 Å². The Morgan fingerprint density at radius 3 is 2.57 bits per heavy atom. The fourth-order valence-corrected chi connectivity index (χ4v) is 3.10. The van der Waals surface area contributed by atoms with Gasteiger partial charge in [0.15, 0.2) is 6.61 Å². The molecule has 0 saturated carbocycles. The van der Waals surface area contributed by atoms with Crippen molar-refractivity contribution in [3.63, 3.8) is 0 Å². The molecule has 5 nitrogen and oxygen atoms in total. The first-order chi connectivity index (χ1) is 14.5. The Kier molecular flexibility index (Phi) is 7.22. The summed E-state index contributed by atoms with van der Waals surface area (Å²) in [5.41, 5.74) is 3.25. The van der Waals surface area contributed by atoms with E-state index in [1.165, 1.54) is 17.2 Å². The van der Waals surface area contributed by atoms with Crippen LogP contribution in [-0.4, -0.2) is 32.1 Å². The van der Waals surface area contributed by atoms with E-state index in [1.807, 2.05) is 67.6 Å². The van der Waals surface area contributed by atoms with Gasteiger partial charge in [-0.15, -0.1) is 0 Å². The first-order valence-corrected chi connectivity index (χ1v) is 9.79. The van der Waals surface area contributed by atoms with Crippen molar-refractivity contribution < 1.29 is 19.1 Å². The van der Waals surface area contributed by atoms with E-state index < -0.39 is 5.97 Å². The molecule has 0 bridgehead atoms. The van der Waals surface area contributed by atoms with Crippen LogP contribution in [0.15, 0.2) is 66.7 Å². The third-order valence-corrected chi connectivity index (χ3v) is 4.81. The van der Waals surface area contributed by atoms with Crippen molar-refractivity contribution in [3.8, 4) is 5.75 Å². The lowest BCUT2D eigenvalue weighted by Crippen LogP contribution is -2.30. The first-order valence-electron chi connectivity index (χ1n) is 9.79. The summed E-state index contributed by atoms with van der Waals surface area (Å²) < 4.78 is 10.2. The first kappa shape index (κ1) is 21.1. The molecule has 0 saturated heterocycles. The molecule has 30 heavy (non-hydrogen) atoms. The lowest BCUT2D eigenvalue weighted by atomic mass is 10.1. The topological polar surface area (TPSA) is 64.6 Å². The minimum Gasteiger partial charge on any atom is -0.497 e. The number of hydrogen-bond acceptors (Lipinski definition) is 4. The second kappa shape index (κ2) is 10.3. The number of carbonyl (C=O) groups is 2. The maximum absolute atomic E-state index is 11.9. The second-order valence-corrected chi connectivity index (χ2v) is 6.94. The third kappa shape index (κ3) is 5.95. The molecular weight excluding hydrogens is 378 g/mol. The van der Waals surface area contributed by atoms with Gasteiger partial charge in [0.25, 0.3) is 5.91 Å². The Morgan fingerprint density at radius 2 is 1.77 bits per heavy atom. The maximum Gasteiger partial charge on any atom is 0.331 e. The quantitative estimate of drug-likeness (QED) is 0.455. The molecule has 0 spiro atoms. The van der Waals surface area contributed by atoms with E-state index in [2.05, 4.69) is 5.32 Å². The number of carbonyl (C=O) groups excluding carboxylic acids is 2. The monoisotopic (exact) mass is 403 g/mol. The molecule has 0 atom stereocenters. The van der Waals surface area contributed by atoms with Gasteiger partial charge in [0.05, 0.1) is 7.11 Å². The van der Waals surface area contributed by atoms with Crippen LogP contribution in [0.3, 0.4) is 0 Å². The largest absolute Gasteiger partial charge is 0.497 e. The van der Waals surface area contributed by atoms with Crippen LogP contribution < -0.4 is 10.1 Å². The summed E-state index contributed by atoms with van der Waals surface area (Å²) in [5, 5.41) is 4.86. The average molecular weight is 403 g/mol. The van der Waals surface area contributed by atoms with Crippen molar-refractivity contribution in [1.29, 1.82) is 0 Å². The van der Waals surface area contributed by atoms with E-state index in [0.717, 1.165) is 28.5 Å². The van der Waals surface area contributed by atoms with E-state index in [4.69, 9.17) is 9.47 Å². The van der Waals surface area contributed by atoms with Crippen LogP contribution in [0.1, 0.15) is 16.7 Å². The highest BCUT2D eigenvalue weighted by Crippen LogP contribution is 2.22. The molecular formula is C25H25NO4. The fraction of sp³-hybridized carbons (Fsp3) is 0.200. The number of esters is 1. The normalized spacial score (nSPS) is 10.9. The summed E-state index contributed by atoms with van der Waals surface area (Å²) in [5.74, 6) is -0.0737. The summed E-state index contributed by atoms with van der Waals surface area (Å²) >= 11 is 0. The van der Waals surface area contributed by atoms with Gasteiger partial charge in [-0.1, -0.05) is 42.5 Å². The van der Waals surface area contributed by atoms with Gasteiger partial charge in [-0.05, 0) is 65.1 Å². The van der Waals surface area contributed by atoms with E-state index in [0.29, 0.717) is 6.54 Å². The molecule has 0 aromatic heterocycles. The lowest BCUT2D eigenvalue weighted by molar-refractivity contribution is -0.143. The highest BCUT2D eigenvalue weighted by atomic mass is 16.5. The summed E-state index contributed by atoms with van der Waals surface area (Å²) in [6.07, 6.45) is 3.73. The number of amides is 1. The molecule has 3 rings (SSSR count). The number of nitrogens with one attached hydrogen (secondary N) is 1. The van der Waals surface area contributed by atoms with E-state index in [-0.39, 0.29) is 12.5 Å². The van der Waals surface area contributed by atoms with Crippen molar-refractivity contribution in [2.24, 2.45) is 0 Å². The second-order valence-electron chi connectivity index (χ2n) is 6.94. The van der Waals surface area contributed by atoms with E-state index in [1.54, 1.807) is 13.2 Å². The fourth-order valence-electron chi connectivity index (χ4n) is 3.10. The molecule has 5 heteroatoms. The van der Waals surface area contributed by atoms with Gasteiger partial charge < -0.3 is 14.8 Å². The Bertz CT molecular complexity index is 1070. The third-order valence-electron chi connectivity index (χ3n) is 4.81. The van der Waals surface area contributed by atoms with Crippen LogP contribution in [0.25, 0.3) is 16.8 Å². The van der Waals surface area contributed by atoms with E-state index in [9.17, 15) is 9.59 Å². The van der Waals surface area contributed by atoms with Gasteiger partial charge >= 0.3 is 5.97 Å². The zero-order valence-corrected chi connectivity index (χ0v) is 17.2. The Labute approximate surface area is 176 Å². The van der Waals surface area contributed by atoms with Gasteiger partial charge in [-0.2, -0.15) is 0 Å². The van der Waals surface area contributed by atoms with Gasteiger partial charge in [0.2, 0.25) is 0 Å². The SMILES string of the molecule is COc1ccc2cc(/C=C/C(=O)OCC(=O)NCCc3ccccc3C)ccc2c1. The van der Waals surface area contributed by atoms with Crippen molar-refractivity contribution in [1.82, 2.24) is 5.32 Å². The zero-order valence-electron chi connectivity index (χ0n) is 17.2. The summed E-state index contributed by atoms with van der Waals surface area (Å²) in [6.45, 7) is 2.24. The summed E-state index contributed by atoms with van der Waals surface area (Å²) in [6, 6.07) is 19.7. The number of aryl methyl sites for hydroxylation is 1. The van der Waals surface area contributed by atoms with Crippen molar-refractivity contribution in [3.05, 3.63) is 83.4 Å². The van der Waals surface area contributed by atoms with Crippen LogP contribution >= 0.6 is 0 Å². The number of ether oxygens (including phenoxy) is 2. The maximum atomic E-state index is 11.9. The molecule has 1 amide bonds. The standard InChI is InChI=1S/C25H25NO4/c1-18-5-3-4-6-20(18)13-14-26-24(27)17-30-25(28)12-8-19-7-9-22-16-23(29-2)11-10-21(22)15-19/h3-12,15-16H,13-14,17H2,1-2H3,(H,26,27)/b12-8+. The molecule has 0 radical (unpaired) electrons. The van der Waals surface area contributed by atoms with Gasteiger partial charge in [-0.3, -0.25) is 4.79 Å². The molecule has 0 aliphatic rings. The number of methoxy groups -OCH3 is 1.